The summed E-state index contributed by atoms with van der Waals surface area (Å²) in [6, 6.07) is 31.6. The van der Waals surface area contributed by atoms with Gasteiger partial charge in [0.1, 0.15) is 32.2 Å². The average molecular weight is 388 g/mol. The minimum absolute atomic E-state index is 0.0947. The van der Waals surface area contributed by atoms with Gasteiger partial charge in [0.25, 0.3) is 5.91 Å². The van der Waals surface area contributed by atoms with E-state index in [9.17, 15) is 4.79 Å². The molecule has 4 rings (SSSR count). The van der Waals surface area contributed by atoms with Gasteiger partial charge in [0.2, 0.25) is 0 Å². The van der Waals surface area contributed by atoms with E-state index in [1.165, 1.54) is 16.0 Å². The molecule has 4 heteroatoms. The summed E-state index contributed by atoms with van der Waals surface area (Å²) < 4.78 is 0. The van der Waals surface area contributed by atoms with Crippen molar-refractivity contribution in [1.29, 1.82) is 0 Å². The zero-order valence-corrected chi connectivity index (χ0v) is 16.7. The summed E-state index contributed by atoms with van der Waals surface area (Å²) in [6.07, 6.45) is 0. The molecule has 1 aliphatic heterocycles. The fraction of sp³-hybridized carbons (Fsp3) is 0.240. The smallest absolute Gasteiger partial charge is 0.279 e. The van der Waals surface area contributed by atoms with Gasteiger partial charge in [0.05, 0.1) is 0 Å². The number of hydrogen-bond donors (Lipinski definition) is 3. The zero-order valence-electron chi connectivity index (χ0n) is 16.7. The Balaban J connectivity index is 1.39. The van der Waals surface area contributed by atoms with Gasteiger partial charge in [-0.2, -0.15) is 0 Å². The van der Waals surface area contributed by atoms with Gasteiger partial charge < -0.3 is 15.1 Å². The van der Waals surface area contributed by atoms with Crippen LogP contribution >= 0.6 is 0 Å². The third-order valence-electron chi connectivity index (χ3n) is 5.74. The van der Waals surface area contributed by atoms with Crippen molar-refractivity contribution in [2.24, 2.45) is 0 Å². The monoisotopic (exact) mass is 387 g/mol. The van der Waals surface area contributed by atoms with Crippen LogP contribution < -0.4 is 15.1 Å². The lowest BCUT2D eigenvalue weighted by molar-refractivity contribution is -1.02. The summed E-state index contributed by atoms with van der Waals surface area (Å²) >= 11 is 0. The number of para-hydroxylation sites is 1. The largest absolute Gasteiger partial charge is 0.321 e. The number of anilines is 1. The van der Waals surface area contributed by atoms with Gasteiger partial charge in [-0.15, -0.1) is 0 Å². The van der Waals surface area contributed by atoms with E-state index in [0.29, 0.717) is 12.6 Å². The molecule has 0 spiro atoms. The molecular weight excluding hydrogens is 358 g/mol. The maximum absolute atomic E-state index is 12.4. The molecule has 148 valence electrons. The quantitative estimate of drug-likeness (QED) is 0.584. The van der Waals surface area contributed by atoms with E-state index in [1.807, 2.05) is 30.3 Å². The van der Waals surface area contributed by atoms with E-state index in [4.69, 9.17) is 0 Å². The second-order valence-corrected chi connectivity index (χ2v) is 7.75. The molecule has 29 heavy (non-hydrogen) atoms. The molecule has 1 heterocycles. The molecule has 0 bridgehead atoms. The summed E-state index contributed by atoms with van der Waals surface area (Å²) in [6.45, 7) is 4.66. The van der Waals surface area contributed by atoms with Crippen molar-refractivity contribution >= 4 is 11.6 Å². The van der Waals surface area contributed by atoms with E-state index in [1.54, 1.807) is 4.90 Å². The third kappa shape index (κ3) is 5.11. The van der Waals surface area contributed by atoms with Crippen LogP contribution in [0.25, 0.3) is 0 Å². The second-order valence-electron chi connectivity index (χ2n) is 7.75. The standard InChI is InChI=1S/C25H27N3O/c29-24(26-23-14-8-3-9-15-23)20-27-16-18-28(19-17-27)25(21-10-4-1-5-11-21)22-12-6-2-7-13-22/h1-15,25H,16-20H2,(H,26,29)/p+2. The molecule has 0 aromatic heterocycles. The number of benzene rings is 3. The molecular formula is C25H29N3O+2. The Kier molecular flexibility index (Phi) is 6.35. The van der Waals surface area contributed by atoms with Crippen molar-refractivity contribution in [2.75, 3.05) is 38.0 Å². The summed E-state index contributed by atoms with van der Waals surface area (Å²) in [5.41, 5.74) is 3.59. The van der Waals surface area contributed by atoms with E-state index < -0.39 is 0 Å². The first kappa shape index (κ1) is 19.4. The summed E-state index contributed by atoms with van der Waals surface area (Å²) in [7, 11) is 0. The van der Waals surface area contributed by atoms with Gasteiger partial charge in [-0.25, -0.2) is 0 Å². The molecule has 1 saturated heterocycles. The van der Waals surface area contributed by atoms with Crippen LogP contribution in [0.5, 0.6) is 0 Å². The molecule has 1 amide bonds. The molecule has 1 fully saturated rings. The Hall–Kier alpha value is -2.95. The third-order valence-corrected chi connectivity index (χ3v) is 5.74. The molecule has 0 radical (unpaired) electrons. The Labute approximate surface area is 172 Å². The highest BCUT2D eigenvalue weighted by Crippen LogP contribution is 2.18. The summed E-state index contributed by atoms with van der Waals surface area (Å²) in [5, 5.41) is 3.01. The van der Waals surface area contributed by atoms with Crippen LogP contribution in [0.2, 0.25) is 0 Å². The summed E-state index contributed by atoms with van der Waals surface area (Å²) in [4.78, 5) is 15.3. The van der Waals surface area contributed by atoms with Crippen molar-refractivity contribution in [3.8, 4) is 0 Å². The first-order chi connectivity index (χ1) is 14.3. The van der Waals surface area contributed by atoms with Crippen LogP contribution in [0.3, 0.4) is 0 Å². The van der Waals surface area contributed by atoms with Crippen LogP contribution in [-0.4, -0.2) is 38.6 Å². The minimum Gasteiger partial charge on any atom is -0.321 e. The number of carbonyl (C=O) groups is 1. The zero-order chi connectivity index (χ0) is 19.9. The van der Waals surface area contributed by atoms with Crippen LogP contribution in [0, 0.1) is 0 Å². The van der Waals surface area contributed by atoms with Crippen molar-refractivity contribution in [1.82, 2.24) is 0 Å². The maximum Gasteiger partial charge on any atom is 0.279 e. The fourth-order valence-corrected chi connectivity index (χ4v) is 4.30. The highest BCUT2D eigenvalue weighted by molar-refractivity contribution is 5.91. The lowest BCUT2D eigenvalue weighted by Crippen LogP contribution is -3.28. The molecule has 0 unspecified atom stereocenters. The molecule has 0 saturated carbocycles. The number of nitrogens with one attached hydrogen (secondary N) is 3. The van der Waals surface area contributed by atoms with E-state index in [0.717, 1.165) is 31.9 Å². The number of quaternary nitrogens is 2. The summed E-state index contributed by atoms with van der Waals surface area (Å²) in [5.74, 6) is 0.0947. The maximum atomic E-state index is 12.4. The van der Waals surface area contributed by atoms with Crippen LogP contribution in [0.4, 0.5) is 5.69 Å². The number of piperazine rings is 1. The average Bonchev–Trinajstić information content (AvgIpc) is 2.77. The molecule has 4 nitrogen and oxygen atoms in total. The van der Waals surface area contributed by atoms with Crippen LogP contribution in [0.15, 0.2) is 91.0 Å². The Morgan fingerprint density at radius 2 is 1.21 bits per heavy atom. The first-order valence-electron chi connectivity index (χ1n) is 10.4. The highest BCUT2D eigenvalue weighted by atomic mass is 16.2. The highest BCUT2D eigenvalue weighted by Gasteiger charge is 2.32. The molecule has 3 aromatic rings. The van der Waals surface area contributed by atoms with Gasteiger partial charge in [0, 0.05) is 16.8 Å². The predicted molar refractivity (Wildman–Crippen MR) is 116 cm³/mol. The van der Waals surface area contributed by atoms with Crippen molar-refractivity contribution in [3.05, 3.63) is 102 Å². The normalized spacial score (nSPS) is 19.1. The second kappa shape index (κ2) is 9.50. The number of rotatable bonds is 6. The van der Waals surface area contributed by atoms with Crippen LogP contribution in [-0.2, 0) is 4.79 Å². The topological polar surface area (TPSA) is 38.0 Å². The SMILES string of the molecule is O=C(C[NH+]1CC[NH+](C(c2ccccc2)c2ccccc2)CC1)Nc1ccccc1. The Morgan fingerprint density at radius 3 is 1.72 bits per heavy atom. The van der Waals surface area contributed by atoms with Crippen LogP contribution in [0.1, 0.15) is 17.2 Å². The van der Waals surface area contributed by atoms with Gasteiger partial charge in [-0.3, -0.25) is 4.79 Å². The number of carbonyl (C=O) groups excluding carboxylic acids is 1. The number of hydrogen-bond acceptors (Lipinski definition) is 1. The number of amides is 1. The lowest BCUT2D eigenvalue weighted by atomic mass is 9.96. The van der Waals surface area contributed by atoms with E-state index in [2.05, 4.69) is 66.0 Å². The lowest BCUT2D eigenvalue weighted by Gasteiger charge is -2.34. The Morgan fingerprint density at radius 1 is 0.724 bits per heavy atom. The van der Waals surface area contributed by atoms with E-state index in [-0.39, 0.29) is 5.91 Å². The first-order valence-corrected chi connectivity index (χ1v) is 10.4. The molecule has 0 aliphatic carbocycles. The van der Waals surface area contributed by atoms with Crippen molar-refractivity contribution in [3.63, 3.8) is 0 Å². The van der Waals surface area contributed by atoms with Gasteiger partial charge in [0.15, 0.2) is 6.54 Å². The molecule has 0 atom stereocenters. The van der Waals surface area contributed by atoms with Crippen molar-refractivity contribution < 1.29 is 14.6 Å². The van der Waals surface area contributed by atoms with Gasteiger partial charge in [-0.05, 0) is 12.1 Å². The fourth-order valence-electron chi connectivity index (χ4n) is 4.30. The van der Waals surface area contributed by atoms with Gasteiger partial charge >= 0.3 is 0 Å². The minimum atomic E-state index is 0.0947. The predicted octanol–water partition coefficient (Wildman–Crippen LogP) is 1.20. The van der Waals surface area contributed by atoms with E-state index >= 15 is 0 Å². The Bertz CT molecular complexity index is 852. The molecule has 1 aliphatic rings. The molecule has 3 aromatic carbocycles. The van der Waals surface area contributed by atoms with Crippen molar-refractivity contribution in [2.45, 2.75) is 6.04 Å². The van der Waals surface area contributed by atoms with Gasteiger partial charge in [-0.1, -0.05) is 78.9 Å². The molecule has 3 N–H and O–H groups in total.